The van der Waals surface area contributed by atoms with Gasteiger partial charge in [0, 0.05) is 30.0 Å². The molecular weight excluding hydrogens is 368 g/mol. The lowest BCUT2D eigenvalue weighted by molar-refractivity contribution is -0.201. The van der Waals surface area contributed by atoms with E-state index in [1.807, 2.05) is 13.0 Å². The molecule has 1 aromatic rings. The summed E-state index contributed by atoms with van der Waals surface area (Å²) in [5.41, 5.74) is 2.56. The number of nitrogens with zero attached hydrogens (tertiary/aromatic N) is 2. The molecular formula is C23H28N2O4. The molecule has 6 heteroatoms. The van der Waals surface area contributed by atoms with E-state index < -0.39 is 5.60 Å². The van der Waals surface area contributed by atoms with Crippen LogP contribution in [0.25, 0.3) is 0 Å². The van der Waals surface area contributed by atoms with Crippen LogP contribution >= 0.6 is 0 Å². The van der Waals surface area contributed by atoms with E-state index in [9.17, 15) is 5.21 Å². The lowest BCUT2D eigenvalue weighted by atomic mass is 9.37. The van der Waals surface area contributed by atoms with E-state index in [0.717, 1.165) is 37.3 Å². The molecule has 7 rings (SSSR count). The molecule has 4 aliphatic carbocycles. The molecule has 0 aromatic heterocycles. The van der Waals surface area contributed by atoms with Crippen molar-refractivity contribution in [3.05, 3.63) is 35.4 Å². The average molecular weight is 396 g/mol. The molecule has 0 unspecified atom stereocenters. The number of likely N-dealkylation sites (N-methyl/N-ethyl adjacent to an activating group) is 1. The number of oxime groups is 1. The molecule has 154 valence electrons. The van der Waals surface area contributed by atoms with Crippen molar-refractivity contribution in [3.8, 4) is 11.5 Å². The zero-order valence-electron chi connectivity index (χ0n) is 17.4. The fourth-order valence-corrected chi connectivity index (χ4v) is 7.75. The quantitative estimate of drug-likeness (QED) is 0.368. The Morgan fingerprint density at radius 3 is 2.86 bits per heavy atom. The van der Waals surface area contributed by atoms with Crippen LogP contribution in [-0.2, 0) is 16.6 Å². The summed E-state index contributed by atoms with van der Waals surface area (Å²) in [5, 5.41) is 13.3. The van der Waals surface area contributed by atoms with Crippen LogP contribution in [0.15, 0.2) is 29.4 Å². The molecule has 1 saturated carbocycles. The van der Waals surface area contributed by atoms with Crippen molar-refractivity contribution >= 4 is 5.71 Å². The second-order valence-corrected chi connectivity index (χ2v) is 9.48. The maximum Gasteiger partial charge on any atom is 0.166 e. The number of piperidine rings is 1. The van der Waals surface area contributed by atoms with Gasteiger partial charge in [0.05, 0.1) is 18.2 Å². The minimum absolute atomic E-state index is 0.0310. The number of rotatable bonds is 3. The second-order valence-electron chi connectivity index (χ2n) is 9.48. The first-order chi connectivity index (χ1) is 14.0. The Labute approximate surface area is 171 Å². The van der Waals surface area contributed by atoms with Gasteiger partial charge in [0.1, 0.15) is 11.7 Å². The van der Waals surface area contributed by atoms with Gasteiger partial charge in [-0.2, -0.15) is 0 Å². The topological polar surface area (TPSA) is 63.5 Å². The zero-order valence-corrected chi connectivity index (χ0v) is 17.4. The summed E-state index contributed by atoms with van der Waals surface area (Å²) in [7, 11) is 5.72. The third kappa shape index (κ3) is 1.65. The van der Waals surface area contributed by atoms with Crippen LogP contribution in [0.3, 0.4) is 0 Å². The molecule has 6 atom stereocenters. The highest BCUT2D eigenvalue weighted by Crippen LogP contribution is 2.74. The maximum atomic E-state index is 9.68. The second kappa shape index (κ2) is 5.35. The molecule has 29 heavy (non-hydrogen) atoms. The normalized spacial score (nSPS) is 43.9. The summed E-state index contributed by atoms with van der Waals surface area (Å²) in [6, 6.07) is 4.66. The van der Waals surface area contributed by atoms with E-state index in [2.05, 4.69) is 35.3 Å². The summed E-state index contributed by atoms with van der Waals surface area (Å²) in [6.45, 7) is 2.94. The monoisotopic (exact) mass is 396 g/mol. The Bertz CT molecular complexity index is 974. The van der Waals surface area contributed by atoms with Crippen LogP contribution in [0.4, 0.5) is 0 Å². The molecule has 2 aliphatic heterocycles. The van der Waals surface area contributed by atoms with E-state index in [-0.39, 0.29) is 22.9 Å². The maximum absolute atomic E-state index is 9.68. The average Bonchev–Trinajstić information content (AvgIpc) is 3.12. The van der Waals surface area contributed by atoms with Crippen molar-refractivity contribution in [1.29, 1.82) is 0 Å². The van der Waals surface area contributed by atoms with Crippen molar-refractivity contribution in [3.63, 3.8) is 0 Å². The van der Waals surface area contributed by atoms with Gasteiger partial charge in [-0.15, -0.1) is 0 Å². The van der Waals surface area contributed by atoms with Gasteiger partial charge in [-0.05, 0) is 51.4 Å². The molecule has 4 bridgehead atoms. The van der Waals surface area contributed by atoms with Gasteiger partial charge < -0.3 is 24.3 Å². The Morgan fingerprint density at radius 1 is 1.31 bits per heavy atom. The zero-order chi connectivity index (χ0) is 20.2. The number of fused-ring (bicyclic) bond motifs is 1. The SMILES string of the molecule is COc1ccc2c3c1O[C@H]1[C@@]4(OC)C=C[C@@]5(C[C@H]4/C(C)=N\O)[C@H](C2)N(C)CC[C@]315. The van der Waals surface area contributed by atoms with E-state index in [0.29, 0.717) is 11.8 Å². The van der Waals surface area contributed by atoms with Crippen molar-refractivity contribution in [2.45, 2.75) is 49.3 Å². The van der Waals surface area contributed by atoms with E-state index >= 15 is 0 Å². The van der Waals surface area contributed by atoms with Crippen LogP contribution in [0.1, 0.15) is 30.9 Å². The molecule has 1 saturated heterocycles. The number of methoxy groups -OCH3 is 2. The van der Waals surface area contributed by atoms with E-state index in [1.165, 1.54) is 11.1 Å². The predicted molar refractivity (Wildman–Crippen MR) is 108 cm³/mol. The number of benzene rings is 1. The van der Waals surface area contributed by atoms with Crippen molar-refractivity contribution < 1.29 is 19.4 Å². The number of ether oxygens (including phenoxy) is 3. The summed E-state index contributed by atoms with van der Waals surface area (Å²) in [4.78, 5) is 2.52. The smallest absolute Gasteiger partial charge is 0.166 e. The first-order valence-electron chi connectivity index (χ1n) is 10.5. The predicted octanol–water partition coefficient (Wildman–Crippen LogP) is 2.77. The van der Waals surface area contributed by atoms with Gasteiger partial charge in [-0.25, -0.2) is 0 Å². The van der Waals surface area contributed by atoms with Crippen molar-refractivity contribution in [2.24, 2.45) is 16.5 Å². The fraction of sp³-hybridized carbons (Fsp3) is 0.609. The van der Waals surface area contributed by atoms with Crippen LogP contribution in [0.5, 0.6) is 11.5 Å². The summed E-state index contributed by atoms with van der Waals surface area (Å²) >= 11 is 0. The van der Waals surface area contributed by atoms with Gasteiger partial charge in [0.2, 0.25) is 0 Å². The van der Waals surface area contributed by atoms with Crippen molar-refractivity contribution in [1.82, 2.24) is 4.90 Å². The number of hydrogen-bond donors (Lipinski definition) is 1. The van der Waals surface area contributed by atoms with Gasteiger partial charge in [-0.3, -0.25) is 0 Å². The molecule has 2 spiro atoms. The number of hydrogen-bond acceptors (Lipinski definition) is 6. The Morgan fingerprint density at radius 2 is 2.14 bits per heavy atom. The summed E-state index contributed by atoms with van der Waals surface area (Å²) < 4.78 is 18.8. The first-order valence-corrected chi connectivity index (χ1v) is 10.5. The Kier molecular flexibility index (Phi) is 3.28. The third-order valence-electron chi connectivity index (χ3n) is 8.94. The molecule has 6 nitrogen and oxygen atoms in total. The Balaban J connectivity index is 1.70. The van der Waals surface area contributed by atoms with E-state index in [4.69, 9.17) is 14.2 Å². The highest BCUT2D eigenvalue weighted by atomic mass is 16.6. The van der Waals surface area contributed by atoms with E-state index in [1.54, 1.807) is 14.2 Å². The molecule has 6 aliphatic rings. The minimum Gasteiger partial charge on any atom is -0.493 e. The molecule has 0 amide bonds. The molecule has 0 radical (unpaired) electrons. The molecule has 2 fully saturated rings. The highest BCUT2D eigenvalue weighted by molar-refractivity contribution is 5.87. The van der Waals surface area contributed by atoms with Crippen molar-refractivity contribution in [2.75, 3.05) is 27.8 Å². The largest absolute Gasteiger partial charge is 0.493 e. The standard InChI is InChI=1S/C23H28N2O4/c1-13(24-26)15-12-21-7-8-23(15,28-4)20-22(21)9-10-25(2)17(21)11-14-5-6-16(27-3)19(29-20)18(14)22/h5-8,15,17,20,26H,9-12H2,1-4H3/b24-13-/t15-,17-,20+,21+,22-,23+/m0/s1. The minimum atomic E-state index is -0.656. The third-order valence-corrected chi connectivity index (χ3v) is 8.94. The van der Waals surface area contributed by atoms with Gasteiger partial charge in [0.25, 0.3) is 0 Å². The lowest BCUT2D eigenvalue weighted by Gasteiger charge is -2.71. The van der Waals surface area contributed by atoms with Gasteiger partial charge in [-0.1, -0.05) is 23.4 Å². The molecule has 1 N–H and O–H groups in total. The van der Waals surface area contributed by atoms with Gasteiger partial charge >= 0.3 is 0 Å². The van der Waals surface area contributed by atoms with Crippen LogP contribution < -0.4 is 9.47 Å². The first kappa shape index (κ1) is 17.8. The summed E-state index contributed by atoms with van der Waals surface area (Å²) in [6.07, 6.45) is 7.39. The molecule has 1 aromatic carbocycles. The van der Waals surface area contributed by atoms with Crippen LogP contribution in [0, 0.1) is 11.3 Å². The van der Waals surface area contributed by atoms with Crippen LogP contribution in [-0.4, -0.2) is 61.4 Å². The highest BCUT2D eigenvalue weighted by Gasteiger charge is 2.79. The number of likely N-dealkylation sites (tertiary alicyclic amines) is 1. The molecule has 2 heterocycles. The fourth-order valence-electron chi connectivity index (χ4n) is 7.75. The Hall–Kier alpha value is -2.05. The van der Waals surface area contributed by atoms with Crippen LogP contribution in [0.2, 0.25) is 0 Å². The van der Waals surface area contributed by atoms with Gasteiger partial charge in [0.15, 0.2) is 11.5 Å². The lowest BCUT2D eigenvalue weighted by Crippen LogP contribution is -2.79. The summed E-state index contributed by atoms with van der Waals surface area (Å²) in [5.74, 6) is 1.66.